The zero-order valence-electron chi connectivity index (χ0n) is 12.7. The van der Waals surface area contributed by atoms with Gasteiger partial charge < -0.3 is 20.3 Å². The van der Waals surface area contributed by atoms with E-state index in [0.717, 1.165) is 31.5 Å². The summed E-state index contributed by atoms with van der Waals surface area (Å²) in [6.07, 6.45) is 5.45. The summed E-state index contributed by atoms with van der Waals surface area (Å²) >= 11 is 0. The molecule has 0 aliphatic carbocycles. The van der Waals surface area contributed by atoms with Gasteiger partial charge in [-0.05, 0) is 58.7 Å². The lowest BCUT2D eigenvalue weighted by molar-refractivity contribution is 0.0206. The topological polar surface area (TPSA) is 41.7 Å². The molecular weight excluding hydrogens is 238 g/mol. The van der Waals surface area contributed by atoms with Gasteiger partial charge in [-0.25, -0.2) is 0 Å². The third-order valence-corrected chi connectivity index (χ3v) is 4.86. The summed E-state index contributed by atoms with van der Waals surface area (Å²) in [7, 11) is 2.30. The summed E-state index contributed by atoms with van der Waals surface area (Å²) in [5.74, 6) is 0.885. The van der Waals surface area contributed by atoms with Crippen LogP contribution < -0.4 is 5.73 Å². The highest BCUT2D eigenvalue weighted by Gasteiger charge is 2.33. The molecule has 19 heavy (non-hydrogen) atoms. The van der Waals surface area contributed by atoms with Gasteiger partial charge in [0.05, 0.1) is 6.10 Å². The summed E-state index contributed by atoms with van der Waals surface area (Å²) in [4.78, 5) is 5.20. The Bertz CT molecular complexity index is 262. The Morgan fingerprint density at radius 1 is 1.32 bits per heavy atom. The van der Waals surface area contributed by atoms with Crippen molar-refractivity contribution in [3.8, 4) is 0 Å². The minimum absolute atomic E-state index is 0.247. The molecular formula is C15H31N3O. The minimum atomic E-state index is 0.247. The molecule has 0 saturated carbocycles. The van der Waals surface area contributed by atoms with E-state index >= 15 is 0 Å². The quantitative estimate of drug-likeness (QED) is 0.785. The fourth-order valence-corrected chi connectivity index (χ4v) is 3.76. The van der Waals surface area contributed by atoms with Gasteiger partial charge in [0.15, 0.2) is 0 Å². The molecule has 0 aromatic carbocycles. The number of rotatable bonds is 6. The largest absolute Gasteiger partial charge is 0.377 e. The number of hydrogen-bond donors (Lipinski definition) is 1. The van der Waals surface area contributed by atoms with Crippen LogP contribution in [0.2, 0.25) is 0 Å². The van der Waals surface area contributed by atoms with Crippen molar-refractivity contribution in [2.45, 2.75) is 44.8 Å². The van der Waals surface area contributed by atoms with Crippen molar-refractivity contribution >= 4 is 0 Å². The third kappa shape index (κ3) is 4.15. The smallest absolute Gasteiger partial charge is 0.0709 e. The number of fused-ring (bicyclic) bond motifs is 1. The molecule has 2 N–H and O–H groups in total. The Kier molecular flexibility index (Phi) is 6.07. The van der Waals surface area contributed by atoms with Gasteiger partial charge in [0, 0.05) is 32.3 Å². The van der Waals surface area contributed by atoms with Crippen LogP contribution in [-0.2, 0) is 4.74 Å². The molecule has 0 radical (unpaired) electrons. The van der Waals surface area contributed by atoms with E-state index in [2.05, 4.69) is 16.8 Å². The van der Waals surface area contributed by atoms with Crippen LogP contribution in [0.4, 0.5) is 0 Å². The molecule has 4 nitrogen and oxygen atoms in total. The van der Waals surface area contributed by atoms with Gasteiger partial charge in [-0.2, -0.15) is 0 Å². The fourth-order valence-electron chi connectivity index (χ4n) is 3.76. The Morgan fingerprint density at radius 2 is 2.16 bits per heavy atom. The molecule has 0 aromatic heterocycles. The summed E-state index contributed by atoms with van der Waals surface area (Å²) in [5, 5.41) is 0. The van der Waals surface area contributed by atoms with Gasteiger partial charge in [-0.3, -0.25) is 0 Å². The van der Waals surface area contributed by atoms with Crippen molar-refractivity contribution < 1.29 is 4.74 Å². The van der Waals surface area contributed by atoms with Gasteiger partial charge in [-0.15, -0.1) is 0 Å². The Hall–Kier alpha value is -0.160. The van der Waals surface area contributed by atoms with Crippen molar-refractivity contribution in [2.75, 3.05) is 46.4 Å². The summed E-state index contributed by atoms with van der Waals surface area (Å²) in [5.41, 5.74) is 5.75. The molecule has 0 amide bonds. The van der Waals surface area contributed by atoms with E-state index in [1.54, 1.807) is 0 Å². The third-order valence-electron chi connectivity index (χ3n) is 4.86. The van der Waals surface area contributed by atoms with Crippen molar-refractivity contribution in [1.82, 2.24) is 9.80 Å². The Labute approximate surface area is 118 Å². The lowest BCUT2D eigenvalue weighted by Crippen LogP contribution is -2.53. The molecule has 2 aliphatic heterocycles. The molecule has 4 heteroatoms. The first kappa shape index (κ1) is 15.2. The van der Waals surface area contributed by atoms with Crippen LogP contribution in [0.15, 0.2) is 0 Å². The standard InChI is InChI=1S/C15H31N3O/c1-3-19-14(11-16)6-9-18-10-7-15-13(12-18)5-4-8-17(15)2/h13-15H,3-12,16H2,1-2H3. The van der Waals surface area contributed by atoms with Gasteiger partial charge in [0.1, 0.15) is 0 Å². The Balaban J connectivity index is 1.74. The molecule has 3 atom stereocenters. The Morgan fingerprint density at radius 3 is 2.89 bits per heavy atom. The molecule has 3 unspecified atom stereocenters. The second-order valence-electron chi connectivity index (χ2n) is 6.14. The number of nitrogens with two attached hydrogens (primary N) is 1. The van der Waals surface area contributed by atoms with Gasteiger partial charge in [0.2, 0.25) is 0 Å². The van der Waals surface area contributed by atoms with Crippen LogP contribution in [0.1, 0.15) is 32.6 Å². The van der Waals surface area contributed by atoms with Crippen LogP contribution in [-0.4, -0.2) is 68.3 Å². The second-order valence-corrected chi connectivity index (χ2v) is 6.14. The monoisotopic (exact) mass is 269 g/mol. The normalized spacial score (nSPS) is 31.1. The first-order valence-corrected chi connectivity index (χ1v) is 7.98. The highest BCUT2D eigenvalue weighted by molar-refractivity contribution is 4.89. The molecule has 2 heterocycles. The van der Waals surface area contributed by atoms with Gasteiger partial charge in [-0.1, -0.05) is 0 Å². The van der Waals surface area contributed by atoms with Crippen LogP contribution in [0.5, 0.6) is 0 Å². The molecule has 2 saturated heterocycles. The van der Waals surface area contributed by atoms with Crippen LogP contribution in [0, 0.1) is 5.92 Å². The van der Waals surface area contributed by atoms with E-state index in [1.807, 2.05) is 6.92 Å². The molecule has 112 valence electrons. The van der Waals surface area contributed by atoms with Crippen LogP contribution in [0.25, 0.3) is 0 Å². The predicted octanol–water partition coefficient (Wildman–Crippen LogP) is 1.16. The molecule has 2 rings (SSSR count). The SMILES string of the molecule is CCOC(CN)CCN1CCC2C(CCCN2C)C1. The number of hydrogen-bond acceptors (Lipinski definition) is 4. The summed E-state index contributed by atoms with van der Waals surface area (Å²) in [6, 6.07) is 0.835. The van der Waals surface area contributed by atoms with Gasteiger partial charge in [0.25, 0.3) is 0 Å². The number of likely N-dealkylation sites (tertiary alicyclic amines) is 2. The first-order valence-electron chi connectivity index (χ1n) is 7.98. The van der Waals surface area contributed by atoms with E-state index in [1.165, 1.54) is 38.9 Å². The molecule has 2 aliphatic rings. The molecule has 0 spiro atoms. The maximum Gasteiger partial charge on any atom is 0.0709 e. The number of piperidine rings is 2. The van der Waals surface area contributed by atoms with Crippen molar-refractivity contribution in [3.05, 3.63) is 0 Å². The molecule has 0 bridgehead atoms. The molecule has 2 fully saturated rings. The number of nitrogens with zero attached hydrogens (tertiary/aromatic N) is 2. The average molecular weight is 269 g/mol. The summed E-state index contributed by atoms with van der Waals surface area (Å²) < 4.78 is 5.65. The molecule has 0 aromatic rings. The lowest BCUT2D eigenvalue weighted by Gasteiger charge is -2.46. The van der Waals surface area contributed by atoms with E-state index < -0.39 is 0 Å². The highest BCUT2D eigenvalue weighted by Crippen LogP contribution is 2.29. The second kappa shape index (κ2) is 7.58. The van der Waals surface area contributed by atoms with Crippen LogP contribution in [0.3, 0.4) is 0 Å². The van der Waals surface area contributed by atoms with E-state index in [9.17, 15) is 0 Å². The zero-order valence-corrected chi connectivity index (χ0v) is 12.7. The predicted molar refractivity (Wildman–Crippen MR) is 79.3 cm³/mol. The van der Waals surface area contributed by atoms with Crippen molar-refractivity contribution in [2.24, 2.45) is 11.7 Å². The number of ether oxygens (including phenoxy) is 1. The van der Waals surface area contributed by atoms with E-state index in [0.29, 0.717) is 6.54 Å². The minimum Gasteiger partial charge on any atom is -0.377 e. The lowest BCUT2D eigenvalue weighted by atomic mass is 9.84. The summed E-state index contributed by atoms with van der Waals surface area (Å²) in [6.45, 7) is 8.43. The average Bonchev–Trinajstić information content (AvgIpc) is 2.43. The van der Waals surface area contributed by atoms with Gasteiger partial charge >= 0.3 is 0 Å². The van der Waals surface area contributed by atoms with Crippen molar-refractivity contribution in [3.63, 3.8) is 0 Å². The van der Waals surface area contributed by atoms with E-state index in [-0.39, 0.29) is 6.10 Å². The van der Waals surface area contributed by atoms with Crippen molar-refractivity contribution in [1.29, 1.82) is 0 Å². The first-order chi connectivity index (χ1) is 9.24. The zero-order chi connectivity index (χ0) is 13.7. The fraction of sp³-hybridized carbons (Fsp3) is 1.00. The maximum absolute atomic E-state index is 5.75. The van der Waals surface area contributed by atoms with E-state index in [4.69, 9.17) is 10.5 Å². The maximum atomic E-state index is 5.75. The highest BCUT2D eigenvalue weighted by atomic mass is 16.5. The van der Waals surface area contributed by atoms with Crippen LogP contribution >= 0.6 is 0 Å².